The first kappa shape index (κ1) is 48.2. The standard InChI is InChI=1S/2C17H34N2O3.Na/c2*1-2-3-4-5-6-7-8-9-10-11-14-19-15(17(21)22)12-13-16(18)20;/h2*15,19H,2-14H2,1H3,(H2,18,20)(H,21,22);/t2*15-;/m00./s1. The van der Waals surface area contributed by atoms with Crippen LogP contribution in [0.2, 0.25) is 0 Å². The quantitative estimate of drug-likeness (QED) is 0.0375. The fraction of sp³-hybridized carbons (Fsp3) is 0.882. The number of carboxylic acids is 2. The minimum atomic E-state index is -0.909. The molecule has 0 aliphatic rings. The van der Waals surface area contributed by atoms with Gasteiger partial charge in [-0.25, -0.2) is 0 Å². The third-order valence-corrected chi connectivity index (χ3v) is 7.80. The van der Waals surface area contributed by atoms with Crippen molar-refractivity contribution in [1.29, 1.82) is 0 Å². The van der Waals surface area contributed by atoms with Crippen molar-refractivity contribution >= 4 is 53.3 Å². The maximum Gasteiger partial charge on any atom is 0.320 e. The number of amides is 2. The van der Waals surface area contributed by atoms with Gasteiger partial charge in [0.05, 0.1) is 0 Å². The van der Waals surface area contributed by atoms with E-state index in [2.05, 4.69) is 24.5 Å². The molecular formula is C34H68N4NaO6. The second kappa shape index (κ2) is 37.3. The third-order valence-electron chi connectivity index (χ3n) is 7.80. The van der Waals surface area contributed by atoms with Gasteiger partial charge in [0.2, 0.25) is 11.8 Å². The molecule has 45 heavy (non-hydrogen) atoms. The molecule has 0 saturated heterocycles. The summed E-state index contributed by atoms with van der Waals surface area (Å²) in [6.07, 6.45) is 26.0. The van der Waals surface area contributed by atoms with E-state index in [1.807, 2.05) is 0 Å². The van der Waals surface area contributed by atoms with Crippen molar-refractivity contribution in [2.75, 3.05) is 13.1 Å². The van der Waals surface area contributed by atoms with Gasteiger partial charge < -0.3 is 32.3 Å². The van der Waals surface area contributed by atoms with E-state index in [1.54, 1.807) is 0 Å². The number of rotatable bonds is 32. The van der Waals surface area contributed by atoms with Gasteiger partial charge in [-0.1, -0.05) is 129 Å². The topological polar surface area (TPSA) is 185 Å². The normalized spacial score (nSPS) is 12.0. The molecule has 0 aliphatic heterocycles. The number of aliphatic carboxylic acids is 2. The van der Waals surface area contributed by atoms with Crippen molar-refractivity contribution in [1.82, 2.24) is 10.6 Å². The second-order valence-electron chi connectivity index (χ2n) is 12.1. The van der Waals surface area contributed by atoms with E-state index >= 15 is 0 Å². The van der Waals surface area contributed by atoms with Gasteiger partial charge in [-0.3, -0.25) is 19.2 Å². The van der Waals surface area contributed by atoms with Crippen molar-refractivity contribution in [2.24, 2.45) is 11.5 Å². The molecule has 0 bridgehead atoms. The van der Waals surface area contributed by atoms with Gasteiger partial charge in [0.1, 0.15) is 12.1 Å². The molecule has 0 aliphatic carbocycles. The van der Waals surface area contributed by atoms with E-state index in [1.165, 1.54) is 103 Å². The van der Waals surface area contributed by atoms with Crippen molar-refractivity contribution in [3.63, 3.8) is 0 Å². The Balaban J connectivity index is -0.000000767. The van der Waals surface area contributed by atoms with Gasteiger partial charge in [0.15, 0.2) is 0 Å². The summed E-state index contributed by atoms with van der Waals surface area (Å²) in [7, 11) is 0. The van der Waals surface area contributed by atoms with Crippen LogP contribution < -0.4 is 22.1 Å². The molecule has 2 atom stereocenters. The number of nitrogens with two attached hydrogens (primary N) is 2. The van der Waals surface area contributed by atoms with Crippen LogP contribution >= 0.6 is 0 Å². The molecule has 0 heterocycles. The summed E-state index contributed by atoms with van der Waals surface area (Å²) in [4.78, 5) is 43.4. The third kappa shape index (κ3) is 38.9. The molecule has 11 heteroatoms. The Kier molecular flexibility index (Phi) is 39.9. The van der Waals surface area contributed by atoms with Crippen LogP contribution in [0.3, 0.4) is 0 Å². The molecule has 1 radical (unpaired) electrons. The Labute approximate surface area is 296 Å². The average molecular weight is 652 g/mol. The molecule has 261 valence electrons. The predicted molar refractivity (Wildman–Crippen MR) is 185 cm³/mol. The van der Waals surface area contributed by atoms with Crippen molar-refractivity contribution in [2.45, 2.75) is 180 Å². The summed E-state index contributed by atoms with van der Waals surface area (Å²) in [5.74, 6) is -2.72. The molecule has 0 aromatic heterocycles. The smallest absolute Gasteiger partial charge is 0.320 e. The molecule has 0 saturated carbocycles. The fourth-order valence-electron chi connectivity index (χ4n) is 4.98. The Bertz CT molecular complexity index is 656. The summed E-state index contributed by atoms with van der Waals surface area (Å²) >= 11 is 0. The number of hydrogen-bond donors (Lipinski definition) is 6. The zero-order chi connectivity index (χ0) is 33.3. The van der Waals surface area contributed by atoms with Crippen molar-refractivity contribution in [3.8, 4) is 0 Å². The van der Waals surface area contributed by atoms with Gasteiger partial charge in [-0.05, 0) is 38.8 Å². The van der Waals surface area contributed by atoms with Gasteiger partial charge in [-0.2, -0.15) is 0 Å². The largest absolute Gasteiger partial charge is 0.480 e. The number of carbonyl (C=O) groups is 4. The molecule has 8 N–H and O–H groups in total. The predicted octanol–water partition coefficient (Wildman–Crippen LogP) is 6.05. The maximum absolute atomic E-state index is 11.0. The Morgan fingerprint density at radius 3 is 0.956 bits per heavy atom. The van der Waals surface area contributed by atoms with Gasteiger partial charge >= 0.3 is 11.9 Å². The molecular weight excluding hydrogens is 583 g/mol. The summed E-state index contributed by atoms with van der Waals surface area (Å²) in [5.41, 5.74) is 10.1. The van der Waals surface area contributed by atoms with Crippen LogP contribution in [0.15, 0.2) is 0 Å². The molecule has 0 spiro atoms. The zero-order valence-corrected chi connectivity index (χ0v) is 31.2. The number of nitrogens with one attached hydrogen (secondary N) is 2. The van der Waals surface area contributed by atoms with E-state index in [0.717, 1.165) is 25.7 Å². The Morgan fingerprint density at radius 2 is 0.733 bits per heavy atom. The Hall–Kier alpha value is -1.20. The number of unbranched alkanes of at least 4 members (excludes halogenated alkanes) is 18. The van der Waals surface area contributed by atoms with Crippen LogP contribution in [0.1, 0.15) is 168 Å². The molecule has 0 unspecified atom stereocenters. The number of carboxylic acid groups (broad SMARTS) is 2. The van der Waals surface area contributed by atoms with Crippen LogP contribution in [-0.2, 0) is 19.2 Å². The first-order chi connectivity index (χ1) is 21.1. The first-order valence-corrected chi connectivity index (χ1v) is 17.6. The van der Waals surface area contributed by atoms with Crippen molar-refractivity contribution < 1.29 is 29.4 Å². The van der Waals surface area contributed by atoms with Gasteiger partial charge in [0, 0.05) is 42.4 Å². The summed E-state index contributed by atoms with van der Waals surface area (Å²) < 4.78 is 0. The fourth-order valence-corrected chi connectivity index (χ4v) is 4.98. The zero-order valence-electron chi connectivity index (χ0n) is 29.2. The summed E-state index contributed by atoms with van der Waals surface area (Å²) in [5, 5.41) is 24.1. The van der Waals surface area contributed by atoms with E-state index in [0.29, 0.717) is 13.1 Å². The van der Waals surface area contributed by atoms with E-state index in [-0.39, 0.29) is 55.2 Å². The molecule has 0 fully saturated rings. The van der Waals surface area contributed by atoms with E-state index in [4.69, 9.17) is 21.7 Å². The average Bonchev–Trinajstić information content (AvgIpc) is 2.97. The van der Waals surface area contributed by atoms with E-state index in [9.17, 15) is 19.2 Å². The van der Waals surface area contributed by atoms with Crippen LogP contribution in [0.4, 0.5) is 0 Å². The van der Waals surface area contributed by atoms with Gasteiger partial charge in [-0.15, -0.1) is 0 Å². The SMILES string of the molecule is CCCCCCCCCCCCN[C@@H](CCC(N)=O)C(=O)O.CCCCCCCCCCCCN[C@@H](CCC(N)=O)C(=O)O.[Na]. The second-order valence-corrected chi connectivity index (χ2v) is 12.1. The molecule has 2 amide bonds. The minimum Gasteiger partial charge on any atom is -0.480 e. The van der Waals surface area contributed by atoms with E-state index < -0.39 is 35.8 Å². The minimum absolute atomic E-state index is 0. The number of primary amides is 2. The monoisotopic (exact) mass is 652 g/mol. The van der Waals surface area contributed by atoms with Crippen LogP contribution in [-0.4, -0.2) is 88.7 Å². The van der Waals surface area contributed by atoms with Gasteiger partial charge in [0.25, 0.3) is 0 Å². The van der Waals surface area contributed by atoms with Crippen LogP contribution in [0, 0.1) is 0 Å². The molecule has 0 aromatic carbocycles. The Morgan fingerprint density at radius 1 is 0.489 bits per heavy atom. The van der Waals surface area contributed by atoms with Crippen LogP contribution in [0.5, 0.6) is 0 Å². The van der Waals surface area contributed by atoms with Crippen molar-refractivity contribution in [3.05, 3.63) is 0 Å². The summed E-state index contributed by atoms with van der Waals surface area (Å²) in [6.45, 7) is 5.84. The summed E-state index contributed by atoms with van der Waals surface area (Å²) in [6, 6.07) is -1.32. The van der Waals surface area contributed by atoms with Crippen LogP contribution in [0.25, 0.3) is 0 Å². The first-order valence-electron chi connectivity index (χ1n) is 17.6. The molecule has 10 nitrogen and oxygen atoms in total. The number of carbonyl (C=O) groups excluding carboxylic acids is 2. The molecule has 0 aromatic rings. The molecule has 0 rings (SSSR count). The maximum atomic E-state index is 11.0. The number of hydrogen-bond acceptors (Lipinski definition) is 6.